The number of likely N-dealkylation sites (N-methyl/N-ethyl adjacent to an activating group) is 1. The average Bonchev–Trinajstić information content (AvgIpc) is 2.74. The summed E-state index contributed by atoms with van der Waals surface area (Å²) in [4.78, 5) is 23.7. The van der Waals surface area contributed by atoms with Gasteiger partial charge in [-0.3, -0.25) is 4.79 Å². The summed E-state index contributed by atoms with van der Waals surface area (Å²) in [6, 6.07) is 0. The second-order valence-electron chi connectivity index (χ2n) is 3.22. The van der Waals surface area contributed by atoms with Crippen molar-refractivity contribution in [3.8, 4) is 12.3 Å². The van der Waals surface area contributed by atoms with E-state index in [4.69, 9.17) is 11.5 Å². The van der Waals surface area contributed by atoms with Crippen LogP contribution >= 0.6 is 0 Å². The van der Waals surface area contributed by atoms with E-state index in [1.165, 1.54) is 15.8 Å². The third-order valence-electron chi connectivity index (χ3n) is 2.07. The maximum Gasteiger partial charge on any atom is 0.358 e. The summed E-state index contributed by atoms with van der Waals surface area (Å²) < 4.78 is 1.17. The first-order chi connectivity index (χ1) is 8.08. The smallest absolute Gasteiger partial charge is 0.358 e. The standard InChI is InChI=1S/C10H12N4O3/c1-3-5-13(4-2)9(15)7-14-6-8(10(16)17)11-12-14/h1,6H,4-5,7H2,2H3,(H,16,17). The summed E-state index contributed by atoms with van der Waals surface area (Å²) in [5.41, 5.74) is -0.196. The van der Waals surface area contributed by atoms with Gasteiger partial charge >= 0.3 is 5.97 Å². The molecule has 1 heterocycles. The van der Waals surface area contributed by atoms with Crippen molar-refractivity contribution in [3.05, 3.63) is 11.9 Å². The zero-order valence-corrected chi connectivity index (χ0v) is 9.33. The molecule has 0 saturated carbocycles. The maximum atomic E-state index is 11.7. The Kier molecular flexibility index (Phi) is 4.22. The monoisotopic (exact) mass is 236 g/mol. The molecule has 0 radical (unpaired) electrons. The van der Waals surface area contributed by atoms with Gasteiger partial charge in [0.1, 0.15) is 6.54 Å². The third-order valence-corrected chi connectivity index (χ3v) is 2.07. The highest BCUT2D eigenvalue weighted by atomic mass is 16.4. The summed E-state index contributed by atoms with van der Waals surface area (Å²) in [6.45, 7) is 2.44. The lowest BCUT2D eigenvalue weighted by atomic mass is 10.4. The van der Waals surface area contributed by atoms with E-state index in [2.05, 4.69) is 16.2 Å². The minimum atomic E-state index is -1.18. The Bertz CT molecular complexity index is 460. The van der Waals surface area contributed by atoms with E-state index in [9.17, 15) is 9.59 Å². The number of nitrogens with zero attached hydrogens (tertiary/aromatic N) is 4. The van der Waals surface area contributed by atoms with Gasteiger partial charge in [0.2, 0.25) is 5.91 Å². The molecule has 0 spiro atoms. The number of carbonyl (C=O) groups excluding carboxylic acids is 1. The first-order valence-corrected chi connectivity index (χ1v) is 4.93. The molecule has 0 aliphatic heterocycles. The molecule has 7 nitrogen and oxygen atoms in total. The van der Waals surface area contributed by atoms with E-state index < -0.39 is 5.97 Å². The molecule has 0 aliphatic carbocycles. The van der Waals surface area contributed by atoms with Crippen LogP contribution in [0.5, 0.6) is 0 Å². The lowest BCUT2D eigenvalue weighted by molar-refractivity contribution is -0.131. The summed E-state index contributed by atoms with van der Waals surface area (Å²) in [5.74, 6) is 0.964. The number of carboxylic acid groups (broad SMARTS) is 1. The fourth-order valence-electron chi connectivity index (χ4n) is 1.20. The molecule has 0 atom stereocenters. The van der Waals surface area contributed by atoms with Crippen molar-refractivity contribution in [2.75, 3.05) is 13.1 Å². The number of carbonyl (C=O) groups is 2. The van der Waals surface area contributed by atoms with E-state index in [0.717, 1.165) is 0 Å². The number of terminal acetylenes is 1. The van der Waals surface area contributed by atoms with Gasteiger partial charge in [0.15, 0.2) is 5.69 Å². The molecule has 1 aromatic rings. The number of hydrogen-bond donors (Lipinski definition) is 1. The Balaban J connectivity index is 2.67. The van der Waals surface area contributed by atoms with E-state index in [1.807, 2.05) is 0 Å². The molecule has 1 aromatic heterocycles. The molecule has 1 rings (SSSR count). The van der Waals surface area contributed by atoms with Gasteiger partial charge in [0.25, 0.3) is 0 Å². The Hall–Kier alpha value is -2.36. The molecular weight excluding hydrogens is 224 g/mol. The fraction of sp³-hybridized carbons (Fsp3) is 0.400. The Morgan fingerprint density at radius 3 is 2.82 bits per heavy atom. The fourth-order valence-corrected chi connectivity index (χ4v) is 1.20. The molecule has 0 saturated heterocycles. The van der Waals surface area contributed by atoms with Gasteiger partial charge < -0.3 is 10.0 Å². The van der Waals surface area contributed by atoms with Gasteiger partial charge in [0, 0.05) is 6.54 Å². The Morgan fingerprint density at radius 1 is 1.65 bits per heavy atom. The van der Waals surface area contributed by atoms with Gasteiger partial charge in [-0.1, -0.05) is 11.1 Å². The van der Waals surface area contributed by atoms with Crippen molar-refractivity contribution in [2.24, 2.45) is 0 Å². The number of rotatable bonds is 5. The lowest BCUT2D eigenvalue weighted by Gasteiger charge is -2.17. The van der Waals surface area contributed by atoms with Gasteiger partial charge in [0.05, 0.1) is 12.7 Å². The van der Waals surface area contributed by atoms with Crippen LogP contribution in [0, 0.1) is 12.3 Å². The number of aromatic carboxylic acids is 1. The molecule has 0 bridgehead atoms. The molecule has 1 N–H and O–H groups in total. The highest BCUT2D eigenvalue weighted by Crippen LogP contribution is 1.96. The minimum absolute atomic E-state index is 0.0736. The third kappa shape index (κ3) is 3.31. The van der Waals surface area contributed by atoms with Crippen molar-refractivity contribution in [3.63, 3.8) is 0 Å². The van der Waals surface area contributed by atoms with Crippen LogP contribution < -0.4 is 0 Å². The molecule has 17 heavy (non-hydrogen) atoms. The molecule has 1 amide bonds. The van der Waals surface area contributed by atoms with E-state index in [1.54, 1.807) is 6.92 Å². The zero-order valence-electron chi connectivity index (χ0n) is 9.33. The van der Waals surface area contributed by atoms with Crippen LogP contribution in [0.15, 0.2) is 6.20 Å². The zero-order chi connectivity index (χ0) is 12.8. The van der Waals surface area contributed by atoms with Gasteiger partial charge in [-0.2, -0.15) is 0 Å². The van der Waals surface area contributed by atoms with E-state index in [-0.39, 0.29) is 24.7 Å². The highest BCUT2D eigenvalue weighted by molar-refractivity contribution is 5.84. The Labute approximate surface area is 98.0 Å². The molecule has 7 heteroatoms. The number of hydrogen-bond acceptors (Lipinski definition) is 4. The first-order valence-electron chi connectivity index (χ1n) is 4.93. The second-order valence-corrected chi connectivity index (χ2v) is 3.22. The Morgan fingerprint density at radius 2 is 2.35 bits per heavy atom. The summed E-state index contributed by atoms with van der Waals surface area (Å²) >= 11 is 0. The van der Waals surface area contributed by atoms with E-state index in [0.29, 0.717) is 6.54 Å². The quantitative estimate of drug-likeness (QED) is 0.693. The van der Waals surface area contributed by atoms with Crippen LogP contribution in [0.1, 0.15) is 17.4 Å². The molecule has 0 aromatic carbocycles. The summed E-state index contributed by atoms with van der Waals surface area (Å²) in [7, 11) is 0. The van der Waals surface area contributed by atoms with Crippen molar-refractivity contribution in [1.29, 1.82) is 0 Å². The first kappa shape index (κ1) is 12.7. The lowest BCUT2D eigenvalue weighted by Crippen LogP contribution is -2.34. The number of aromatic nitrogens is 3. The van der Waals surface area contributed by atoms with Crippen LogP contribution in [0.3, 0.4) is 0 Å². The average molecular weight is 236 g/mol. The van der Waals surface area contributed by atoms with Gasteiger partial charge in [-0.25, -0.2) is 9.48 Å². The van der Waals surface area contributed by atoms with Crippen LogP contribution in [0.2, 0.25) is 0 Å². The van der Waals surface area contributed by atoms with Crippen LogP contribution in [0.4, 0.5) is 0 Å². The minimum Gasteiger partial charge on any atom is -0.476 e. The van der Waals surface area contributed by atoms with Crippen molar-refractivity contribution >= 4 is 11.9 Å². The second kappa shape index (κ2) is 5.65. The largest absolute Gasteiger partial charge is 0.476 e. The molecule has 0 aliphatic rings. The number of carboxylic acids is 1. The normalized spacial score (nSPS) is 9.65. The highest BCUT2D eigenvalue weighted by Gasteiger charge is 2.14. The van der Waals surface area contributed by atoms with Crippen LogP contribution in [-0.4, -0.2) is 50.0 Å². The van der Waals surface area contributed by atoms with Crippen molar-refractivity contribution < 1.29 is 14.7 Å². The summed E-state index contributed by atoms with van der Waals surface area (Å²) in [5, 5.41) is 15.6. The summed E-state index contributed by atoms with van der Waals surface area (Å²) in [6.07, 6.45) is 6.32. The van der Waals surface area contributed by atoms with Crippen LogP contribution in [-0.2, 0) is 11.3 Å². The topological polar surface area (TPSA) is 88.3 Å². The van der Waals surface area contributed by atoms with E-state index >= 15 is 0 Å². The molecule has 90 valence electrons. The van der Waals surface area contributed by atoms with Crippen LogP contribution in [0.25, 0.3) is 0 Å². The van der Waals surface area contributed by atoms with Crippen molar-refractivity contribution in [2.45, 2.75) is 13.5 Å². The van der Waals surface area contributed by atoms with Gasteiger partial charge in [-0.15, -0.1) is 11.5 Å². The SMILES string of the molecule is C#CCN(CC)C(=O)Cn1cc(C(=O)O)nn1. The van der Waals surface area contributed by atoms with Gasteiger partial charge in [-0.05, 0) is 6.92 Å². The maximum absolute atomic E-state index is 11.7. The number of amides is 1. The predicted molar refractivity (Wildman–Crippen MR) is 58.1 cm³/mol. The molecule has 0 unspecified atom stereocenters. The van der Waals surface area contributed by atoms with Crippen molar-refractivity contribution in [1.82, 2.24) is 19.9 Å². The molecule has 0 fully saturated rings. The predicted octanol–water partition coefficient (Wildman–Crippen LogP) is -0.542. The molecular formula is C10H12N4O3.